The van der Waals surface area contributed by atoms with Gasteiger partial charge < -0.3 is 9.88 Å². The fraction of sp³-hybridized carbons (Fsp3) is 0.545. The Balaban J connectivity index is 1.93. The van der Waals surface area contributed by atoms with E-state index in [1.807, 2.05) is 17.2 Å². The average Bonchev–Trinajstić information content (AvgIpc) is 2.71. The number of likely N-dealkylation sites (tertiary alicyclic amines) is 1. The highest BCUT2D eigenvalue weighted by Crippen LogP contribution is 2.26. The van der Waals surface area contributed by atoms with Crippen LogP contribution in [-0.4, -0.2) is 28.9 Å². The third-order valence-electron chi connectivity index (χ3n) is 3.00. The lowest BCUT2D eigenvalue weighted by molar-refractivity contribution is -0.129. The van der Waals surface area contributed by atoms with Crippen LogP contribution < -0.4 is 0 Å². The molecule has 1 amide bonds. The van der Waals surface area contributed by atoms with Crippen LogP contribution in [0.1, 0.15) is 31.4 Å². The van der Waals surface area contributed by atoms with Crippen LogP contribution in [0.4, 0.5) is 0 Å². The Kier molecular flexibility index (Phi) is 2.57. The first-order valence-electron chi connectivity index (χ1n) is 5.16. The van der Waals surface area contributed by atoms with E-state index in [4.69, 9.17) is 0 Å². The molecule has 0 aliphatic carbocycles. The van der Waals surface area contributed by atoms with Gasteiger partial charge in [0, 0.05) is 37.8 Å². The summed E-state index contributed by atoms with van der Waals surface area (Å²) in [5.41, 5.74) is 1.31. The molecule has 2 heterocycles. The third kappa shape index (κ3) is 1.81. The van der Waals surface area contributed by atoms with Crippen molar-refractivity contribution >= 4 is 5.91 Å². The molecule has 3 nitrogen and oxygen atoms in total. The van der Waals surface area contributed by atoms with Gasteiger partial charge in [-0.05, 0) is 25.0 Å². The van der Waals surface area contributed by atoms with E-state index in [9.17, 15) is 4.79 Å². The normalized spacial score (nSPS) is 18.5. The van der Waals surface area contributed by atoms with Crippen molar-refractivity contribution in [2.24, 2.45) is 0 Å². The highest BCUT2D eigenvalue weighted by atomic mass is 16.2. The molecular weight excluding hydrogens is 176 g/mol. The van der Waals surface area contributed by atoms with Gasteiger partial charge in [-0.25, -0.2) is 0 Å². The number of aromatic amines is 1. The molecular formula is C11H16N2O. The van der Waals surface area contributed by atoms with E-state index in [1.54, 1.807) is 6.92 Å². The van der Waals surface area contributed by atoms with Gasteiger partial charge in [-0.2, -0.15) is 0 Å². The van der Waals surface area contributed by atoms with Crippen LogP contribution in [0.15, 0.2) is 18.3 Å². The molecule has 3 heteroatoms. The van der Waals surface area contributed by atoms with Gasteiger partial charge in [0.25, 0.3) is 0 Å². The number of hydrogen-bond acceptors (Lipinski definition) is 1. The van der Waals surface area contributed by atoms with Gasteiger partial charge in [0.15, 0.2) is 0 Å². The molecule has 0 unspecified atom stereocenters. The zero-order valence-electron chi connectivity index (χ0n) is 8.49. The zero-order chi connectivity index (χ0) is 9.97. The van der Waals surface area contributed by atoms with Crippen LogP contribution >= 0.6 is 0 Å². The summed E-state index contributed by atoms with van der Waals surface area (Å²) in [5.74, 6) is 0.815. The van der Waals surface area contributed by atoms with E-state index >= 15 is 0 Å². The maximum absolute atomic E-state index is 11.1. The van der Waals surface area contributed by atoms with E-state index in [1.165, 1.54) is 5.69 Å². The molecule has 1 fully saturated rings. The molecule has 0 radical (unpaired) electrons. The lowest BCUT2D eigenvalue weighted by Gasteiger charge is -2.30. The molecule has 1 saturated heterocycles. The summed E-state index contributed by atoms with van der Waals surface area (Å²) >= 11 is 0. The lowest BCUT2D eigenvalue weighted by atomic mass is 9.94. The summed E-state index contributed by atoms with van der Waals surface area (Å²) in [6.07, 6.45) is 4.13. The average molecular weight is 192 g/mol. The predicted octanol–water partition coefficient (Wildman–Crippen LogP) is 1.74. The van der Waals surface area contributed by atoms with E-state index < -0.39 is 0 Å². The van der Waals surface area contributed by atoms with Crippen LogP contribution in [0.3, 0.4) is 0 Å². The molecule has 0 bridgehead atoms. The van der Waals surface area contributed by atoms with Gasteiger partial charge in [0.1, 0.15) is 0 Å². The predicted molar refractivity (Wildman–Crippen MR) is 55.0 cm³/mol. The molecule has 0 saturated carbocycles. The maximum Gasteiger partial charge on any atom is 0.219 e. The van der Waals surface area contributed by atoms with Gasteiger partial charge in [-0.15, -0.1) is 0 Å². The molecule has 1 aromatic rings. The number of rotatable bonds is 1. The van der Waals surface area contributed by atoms with E-state index in [0.29, 0.717) is 5.92 Å². The third-order valence-corrected chi connectivity index (χ3v) is 3.00. The highest BCUT2D eigenvalue weighted by Gasteiger charge is 2.21. The number of hydrogen-bond donors (Lipinski definition) is 1. The van der Waals surface area contributed by atoms with E-state index in [0.717, 1.165) is 25.9 Å². The number of piperidine rings is 1. The number of amides is 1. The van der Waals surface area contributed by atoms with Crippen LogP contribution in [-0.2, 0) is 4.79 Å². The molecule has 1 aromatic heterocycles. The highest BCUT2D eigenvalue weighted by molar-refractivity contribution is 5.73. The molecule has 0 aromatic carbocycles. The quantitative estimate of drug-likeness (QED) is 0.723. The first-order valence-corrected chi connectivity index (χ1v) is 5.16. The number of carbonyl (C=O) groups excluding carboxylic acids is 1. The van der Waals surface area contributed by atoms with Crippen molar-refractivity contribution in [2.45, 2.75) is 25.7 Å². The minimum absolute atomic E-state index is 0.204. The summed E-state index contributed by atoms with van der Waals surface area (Å²) in [6, 6.07) is 4.17. The monoisotopic (exact) mass is 192 g/mol. The molecule has 14 heavy (non-hydrogen) atoms. The Morgan fingerprint density at radius 2 is 2.21 bits per heavy atom. The van der Waals surface area contributed by atoms with Gasteiger partial charge in [-0.1, -0.05) is 0 Å². The van der Waals surface area contributed by atoms with Crippen molar-refractivity contribution in [1.29, 1.82) is 0 Å². The number of carbonyl (C=O) groups is 1. The van der Waals surface area contributed by atoms with Crippen LogP contribution in [0, 0.1) is 0 Å². The first-order chi connectivity index (χ1) is 6.77. The van der Waals surface area contributed by atoms with Crippen LogP contribution in [0.25, 0.3) is 0 Å². The fourth-order valence-electron chi connectivity index (χ4n) is 2.10. The summed E-state index contributed by atoms with van der Waals surface area (Å²) < 4.78 is 0. The van der Waals surface area contributed by atoms with Crippen molar-refractivity contribution in [3.63, 3.8) is 0 Å². The zero-order valence-corrected chi connectivity index (χ0v) is 8.49. The SMILES string of the molecule is CC(=O)N1CCC(c2ccc[nH]2)CC1. The van der Waals surface area contributed by atoms with Gasteiger partial charge >= 0.3 is 0 Å². The van der Waals surface area contributed by atoms with Crippen molar-refractivity contribution in [3.8, 4) is 0 Å². The Morgan fingerprint density at radius 3 is 2.71 bits per heavy atom. The number of nitrogens with zero attached hydrogens (tertiary/aromatic N) is 1. The largest absolute Gasteiger partial charge is 0.365 e. The van der Waals surface area contributed by atoms with Gasteiger partial charge in [0.2, 0.25) is 5.91 Å². The smallest absolute Gasteiger partial charge is 0.219 e. The summed E-state index contributed by atoms with van der Waals surface area (Å²) in [4.78, 5) is 16.3. The minimum atomic E-state index is 0.204. The standard InChI is InChI=1S/C11H16N2O/c1-9(14)13-7-4-10(5-8-13)11-3-2-6-12-11/h2-3,6,10,12H,4-5,7-8H2,1H3. The second-order valence-electron chi connectivity index (χ2n) is 3.91. The Labute approximate surface area is 84.1 Å². The first kappa shape index (κ1) is 9.31. The minimum Gasteiger partial charge on any atom is -0.365 e. The number of nitrogens with one attached hydrogen (secondary N) is 1. The summed E-state index contributed by atoms with van der Waals surface area (Å²) in [5, 5.41) is 0. The van der Waals surface area contributed by atoms with Gasteiger partial charge in [0.05, 0.1) is 0 Å². The molecule has 1 aliphatic rings. The second kappa shape index (κ2) is 3.86. The van der Waals surface area contributed by atoms with Crippen molar-refractivity contribution in [1.82, 2.24) is 9.88 Å². The molecule has 1 aliphatic heterocycles. The Hall–Kier alpha value is -1.25. The molecule has 1 N–H and O–H groups in total. The second-order valence-corrected chi connectivity index (χ2v) is 3.91. The summed E-state index contributed by atoms with van der Waals surface area (Å²) in [6.45, 7) is 3.45. The van der Waals surface area contributed by atoms with Crippen molar-refractivity contribution in [2.75, 3.05) is 13.1 Å². The summed E-state index contributed by atoms with van der Waals surface area (Å²) in [7, 11) is 0. The van der Waals surface area contributed by atoms with Crippen molar-refractivity contribution in [3.05, 3.63) is 24.0 Å². The van der Waals surface area contributed by atoms with Crippen molar-refractivity contribution < 1.29 is 4.79 Å². The topological polar surface area (TPSA) is 36.1 Å². The number of aromatic nitrogens is 1. The molecule has 0 spiro atoms. The lowest BCUT2D eigenvalue weighted by Crippen LogP contribution is -2.36. The van der Waals surface area contributed by atoms with Crippen LogP contribution in [0.5, 0.6) is 0 Å². The van der Waals surface area contributed by atoms with E-state index in [2.05, 4.69) is 11.1 Å². The maximum atomic E-state index is 11.1. The Bertz CT molecular complexity index is 297. The molecule has 2 rings (SSSR count). The number of H-pyrrole nitrogens is 1. The van der Waals surface area contributed by atoms with Crippen LogP contribution in [0.2, 0.25) is 0 Å². The fourth-order valence-corrected chi connectivity index (χ4v) is 2.10. The van der Waals surface area contributed by atoms with E-state index in [-0.39, 0.29) is 5.91 Å². The molecule has 76 valence electrons. The molecule has 0 atom stereocenters. The van der Waals surface area contributed by atoms with Gasteiger partial charge in [-0.3, -0.25) is 4.79 Å². The Morgan fingerprint density at radius 1 is 1.50 bits per heavy atom.